The van der Waals surface area contributed by atoms with E-state index in [-0.39, 0.29) is 17.6 Å². The lowest BCUT2D eigenvalue weighted by Crippen LogP contribution is -2.40. The van der Waals surface area contributed by atoms with Crippen molar-refractivity contribution in [3.8, 4) is 0 Å². The summed E-state index contributed by atoms with van der Waals surface area (Å²) in [6, 6.07) is 4.19. The van der Waals surface area contributed by atoms with E-state index in [9.17, 15) is 14.9 Å². The van der Waals surface area contributed by atoms with Gasteiger partial charge in [0.1, 0.15) is 6.04 Å². The van der Waals surface area contributed by atoms with E-state index in [4.69, 9.17) is 0 Å². The molecule has 0 bridgehead atoms. The number of amides is 1. The normalized spacial score (nSPS) is 11.9. The van der Waals surface area contributed by atoms with Gasteiger partial charge in [-0.25, -0.2) is 0 Å². The Morgan fingerprint density at radius 1 is 1.24 bits per heavy atom. The van der Waals surface area contributed by atoms with Gasteiger partial charge in [0.05, 0.1) is 4.92 Å². The van der Waals surface area contributed by atoms with Gasteiger partial charge in [-0.2, -0.15) is 0 Å². The van der Waals surface area contributed by atoms with Crippen LogP contribution in [0.1, 0.15) is 27.7 Å². The van der Waals surface area contributed by atoms with Crippen molar-refractivity contribution in [2.24, 2.45) is 0 Å². The first-order chi connectivity index (χ1) is 9.83. The average molecular weight is 294 g/mol. The lowest BCUT2D eigenvalue weighted by atomic mass is 10.2. The molecule has 1 unspecified atom stereocenters. The Morgan fingerprint density at radius 2 is 1.86 bits per heavy atom. The predicted octanol–water partition coefficient (Wildman–Crippen LogP) is 2.35. The summed E-state index contributed by atoms with van der Waals surface area (Å²) in [4.78, 5) is 22.4. The van der Waals surface area contributed by atoms with Gasteiger partial charge >= 0.3 is 0 Å². The molecule has 21 heavy (non-hydrogen) atoms. The number of benzene rings is 1. The minimum absolute atomic E-state index is 0.0209. The zero-order chi connectivity index (χ0) is 16.0. The monoisotopic (exact) mass is 294 g/mol. The molecule has 1 rings (SSSR count). The maximum absolute atomic E-state index is 11.9. The van der Waals surface area contributed by atoms with E-state index in [1.165, 1.54) is 12.1 Å². The third-order valence-electron chi connectivity index (χ3n) is 2.72. The molecule has 0 aliphatic carbocycles. The van der Waals surface area contributed by atoms with Crippen LogP contribution in [-0.4, -0.2) is 29.5 Å². The lowest BCUT2D eigenvalue weighted by Gasteiger charge is -2.17. The van der Waals surface area contributed by atoms with Crippen molar-refractivity contribution in [3.63, 3.8) is 0 Å². The average Bonchev–Trinajstić information content (AvgIpc) is 2.37. The number of nitrogens with one attached hydrogen (secondary N) is 3. The van der Waals surface area contributed by atoms with Gasteiger partial charge < -0.3 is 16.0 Å². The highest BCUT2D eigenvalue weighted by Crippen LogP contribution is 2.24. The second kappa shape index (κ2) is 7.47. The Hall–Kier alpha value is -2.31. The van der Waals surface area contributed by atoms with Crippen LogP contribution < -0.4 is 16.0 Å². The van der Waals surface area contributed by atoms with E-state index in [1.54, 1.807) is 13.0 Å². The SMILES string of the molecule is CCNc1cc(NC(C)C(=O)NC(C)C)cc([N+](=O)[O-])c1. The summed E-state index contributed by atoms with van der Waals surface area (Å²) in [6.07, 6.45) is 0. The minimum Gasteiger partial charge on any atom is -0.385 e. The van der Waals surface area contributed by atoms with Crippen molar-refractivity contribution < 1.29 is 9.72 Å². The molecule has 0 fully saturated rings. The van der Waals surface area contributed by atoms with Gasteiger partial charge in [-0.3, -0.25) is 14.9 Å². The fourth-order valence-electron chi connectivity index (χ4n) is 1.83. The summed E-state index contributed by atoms with van der Waals surface area (Å²) < 4.78 is 0. The van der Waals surface area contributed by atoms with Crippen LogP contribution in [-0.2, 0) is 4.79 Å². The van der Waals surface area contributed by atoms with Crippen molar-refractivity contribution in [2.45, 2.75) is 39.8 Å². The lowest BCUT2D eigenvalue weighted by molar-refractivity contribution is -0.384. The van der Waals surface area contributed by atoms with Crippen molar-refractivity contribution in [2.75, 3.05) is 17.2 Å². The van der Waals surface area contributed by atoms with E-state index in [1.807, 2.05) is 20.8 Å². The first kappa shape index (κ1) is 16.7. The number of non-ortho nitro benzene ring substituents is 1. The molecule has 7 nitrogen and oxygen atoms in total. The second-order valence-corrected chi connectivity index (χ2v) is 5.09. The zero-order valence-corrected chi connectivity index (χ0v) is 12.8. The van der Waals surface area contributed by atoms with Crippen molar-refractivity contribution in [3.05, 3.63) is 28.3 Å². The predicted molar refractivity (Wildman–Crippen MR) is 83.6 cm³/mol. The minimum atomic E-state index is -0.483. The number of carbonyl (C=O) groups excluding carboxylic acids is 1. The molecule has 7 heteroatoms. The van der Waals surface area contributed by atoms with Gasteiger partial charge in [0.25, 0.3) is 5.69 Å². The summed E-state index contributed by atoms with van der Waals surface area (Å²) in [5, 5.41) is 19.8. The summed E-state index contributed by atoms with van der Waals surface area (Å²) in [5.74, 6) is -0.151. The third kappa shape index (κ3) is 5.29. The van der Waals surface area contributed by atoms with E-state index < -0.39 is 11.0 Å². The third-order valence-corrected chi connectivity index (χ3v) is 2.72. The summed E-state index contributed by atoms with van der Waals surface area (Å²) in [5.41, 5.74) is 1.16. The number of hydrogen-bond acceptors (Lipinski definition) is 5. The van der Waals surface area contributed by atoms with Crippen molar-refractivity contribution >= 4 is 23.0 Å². The van der Waals surface area contributed by atoms with Crippen LogP contribution in [0.25, 0.3) is 0 Å². The molecule has 116 valence electrons. The Labute approximate surface area is 124 Å². The molecule has 0 spiro atoms. The molecular weight excluding hydrogens is 272 g/mol. The number of nitrogens with zero attached hydrogens (tertiary/aromatic N) is 1. The van der Waals surface area contributed by atoms with Crippen LogP contribution in [0, 0.1) is 10.1 Å². The molecule has 1 aromatic carbocycles. The first-order valence-corrected chi connectivity index (χ1v) is 6.93. The topological polar surface area (TPSA) is 96.3 Å². The maximum Gasteiger partial charge on any atom is 0.273 e. The second-order valence-electron chi connectivity index (χ2n) is 5.09. The van der Waals surface area contributed by atoms with E-state index in [0.29, 0.717) is 17.9 Å². The Morgan fingerprint density at radius 3 is 2.38 bits per heavy atom. The molecule has 0 heterocycles. The zero-order valence-electron chi connectivity index (χ0n) is 12.8. The standard InChI is InChI=1S/C14H22N4O3/c1-5-15-11-6-12(8-13(7-11)18(20)21)17-10(4)14(19)16-9(2)3/h6-10,15,17H,5H2,1-4H3,(H,16,19). The van der Waals surface area contributed by atoms with Crippen LogP contribution in [0.5, 0.6) is 0 Å². The van der Waals surface area contributed by atoms with Crippen LogP contribution in [0.15, 0.2) is 18.2 Å². The van der Waals surface area contributed by atoms with E-state index in [0.717, 1.165) is 0 Å². The van der Waals surface area contributed by atoms with Gasteiger partial charge in [0.15, 0.2) is 0 Å². The molecule has 3 N–H and O–H groups in total. The van der Waals surface area contributed by atoms with Crippen LogP contribution in [0.4, 0.5) is 17.1 Å². The number of nitro benzene ring substituents is 1. The van der Waals surface area contributed by atoms with Crippen LogP contribution in [0.3, 0.4) is 0 Å². The van der Waals surface area contributed by atoms with Gasteiger partial charge in [-0.15, -0.1) is 0 Å². The molecule has 1 aromatic rings. The Bertz CT molecular complexity index is 517. The number of carbonyl (C=O) groups is 1. The highest BCUT2D eigenvalue weighted by molar-refractivity contribution is 5.84. The van der Waals surface area contributed by atoms with Gasteiger partial charge in [0, 0.05) is 36.1 Å². The molecular formula is C14H22N4O3. The number of rotatable bonds is 7. The highest BCUT2D eigenvalue weighted by Gasteiger charge is 2.16. The van der Waals surface area contributed by atoms with Crippen LogP contribution in [0.2, 0.25) is 0 Å². The van der Waals surface area contributed by atoms with Gasteiger partial charge in [-0.05, 0) is 33.8 Å². The molecule has 0 saturated carbocycles. The van der Waals surface area contributed by atoms with Crippen molar-refractivity contribution in [1.29, 1.82) is 0 Å². The van der Waals surface area contributed by atoms with Gasteiger partial charge in [-0.1, -0.05) is 0 Å². The summed E-state index contributed by atoms with van der Waals surface area (Å²) in [7, 11) is 0. The van der Waals surface area contributed by atoms with Gasteiger partial charge in [0.2, 0.25) is 5.91 Å². The largest absolute Gasteiger partial charge is 0.385 e. The molecule has 0 aromatic heterocycles. The van der Waals surface area contributed by atoms with E-state index in [2.05, 4.69) is 16.0 Å². The van der Waals surface area contributed by atoms with Crippen molar-refractivity contribution in [1.82, 2.24) is 5.32 Å². The molecule has 0 aliphatic heterocycles. The Kier molecular flexibility index (Phi) is 5.95. The molecule has 0 radical (unpaired) electrons. The van der Waals surface area contributed by atoms with E-state index >= 15 is 0 Å². The Balaban J connectivity index is 2.91. The molecule has 0 saturated heterocycles. The first-order valence-electron chi connectivity index (χ1n) is 6.93. The summed E-state index contributed by atoms with van der Waals surface area (Å²) in [6.45, 7) is 8.03. The smallest absolute Gasteiger partial charge is 0.273 e. The maximum atomic E-state index is 11.9. The molecule has 1 atom stereocenters. The number of anilines is 2. The quantitative estimate of drug-likeness (QED) is 0.530. The fraction of sp³-hybridized carbons (Fsp3) is 0.500. The summed E-state index contributed by atoms with van der Waals surface area (Å²) >= 11 is 0. The van der Waals surface area contributed by atoms with Crippen LogP contribution >= 0.6 is 0 Å². The molecule has 1 amide bonds. The number of nitro groups is 1. The number of hydrogen-bond donors (Lipinski definition) is 3. The fourth-order valence-corrected chi connectivity index (χ4v) is 1.83. The highest BCUT2D eigenvalue weighted by atomic mass is 16.6. The molecule has 0 aliphatic rings.